The van der Waals surface area contributed by atoms with Gasteiger partial charge in [-0.3, -0.25) is 14.9 Å². The van der Waals surface area contributed by atoms with E-state index in [1.54, 1.807) is 7.05 Å². The number of aliphatic carboxylic acids is 1. The maximum absolute atomic E-state index is 10.5. The maximum Gasteiger partial charge on any atom is 0.323 e. The lowest BCUT2D eigenvalue weighted by Crippen LogP contribution is -2.25. The fraction of sp³-hybridized carbons (Fsp3) is 0.222. The highest BCUT2D eigenvalue weighted by Gasteiger charge is 2.13. The molecule has 0 aliphatic carbocycles. The predicted octanol–water partition coefficient (Wildman–Crippen LogP) is 1.88. The molecule has 16 heavy (non-hydrogen) atoms. The largest absolute Gasteiger partial charge is 0.480 e. The zero-order valence-corrected chi connectivity index (χ0v) is 9.97. The van der Waals surface area contributed by atoms with E-state index in [-0.39, 0.29) is 12.2 Å². The highest BCUT2D eigenvalue weighted by atomic mass is 79.9. The van der Waals surface area contributed by atoms with Crippen molar-refractivity contribution in [1.29, 1.82) is 0 Å². The molecule has 1 aromatic carbocycles. The third-order valence-electron chi connectivity index (χ3n) is 1.93. The van der Waals surface area contributed by atoms with E-state index in [9.17, 15) is 14.9 Å². The van der Waals surface area contributed by atoms with Gasteiger partial charge in [0.15, 0.2) is 0 Å². The molecule has 0 radical (unpaired) electrons. The molecule has 1 N–H and O–H groups in total. The summed E-state index contributed by atoms with van der Waals surface area (Å²) in [5.41, 5.74) is 0.548. The molecule has 0 saturated heterocycles. The van der Waals surface area contributed by atoms with Crippen LogP contribution in [0.2, 0.25) is 0 Å². The maximum atomic E-state index is 10.5. The normalized spacial score (nSPS) is 9.88. The second-order valence-corrected chi connectivity index (χ2v) is 4.00. The van der Waals surface area contributed by atoms with Crippen molar-refractivity contribution in [2.75, 3.05) is 18.5 Å². The molecule has 1 aromatic rings. The van der Waals surface area contributed by atoms with Crippen molar-refractivity contribution in [1.82, 2.24) is 0 Å². The van der Waals surface area contributed by atoms with E-state index in [0.717, 1.165) is 0 Å². The van der Waals surface area contributed by atoms with Crippen LogP contribution in [0.1, 0.15) is 0 Å². The number of likely N-dealkylation sites (N-methyl/N-ethyl adjacent to an activating group) is 1. The number of carbonyl (C=O) groups is 1. The fourth-order valence-electron chi connectivity index (χ4n) is 1.21. The minimum atomic E-state index is -0.965. The number of hydrogen-bond acceptors (Lipinski definition) is 4. The van der Waals surface area contributed by atoms with Crippen molar-refractivity contribution < 1.29 is 14.8 Å². The summed E-state index contributed by atoms with van der Waals surface area (Å²) in [5, 5.41) is 19.1. The van der Waals surface area contributed by atoms with Crippen LogP contribution in [0.4, 0.5) is 11.4 Å². The molecule has 0 fully saturated rings. The van der Waals surface area contributed by atoms with Gasteiger partial charge in [-0.15, -0.1) is 0 Å². The Bertz CT molecular complexity index is 436. The Morgan fingerprint density at radius 3 is 2.69 bits per heavy atom. The second kappa shape index (κ2) is 4.93. The van der Waals surface area contributed by atoms with Crippen LogP contribution < -0.4 is 4.90 Å². The van der Waals surface area contributed by atoms with E-state index in [0.29, 0.717) is 10.2 Å². The van der Waals surface area contributed by atoms with Crippen LogP contribution in [-0.2, 0) is 4.79 Å². The van der Waals surface area contributed by atoms with E-state index in [2.05, 4.69) is 15.9 Å². The molecule has 0 unspecified atom stereocenters. The van der Waals surface area contributed by atoms with Gasteiger partial charge in [0, 0.05) is 23.7 Å². The number of halogens is 1. The monoisotopic (exact) mass is 288 g/mol. The van der Waals surface area contributed by atoms with Gasteiger partial charge < -0.3 is 10.0 Å². The van der Waals surface area contributed by atoms with Crippen LogP contribution >= 0.6 is 15.9 Å². The van der Waals surface area contributed by atoms with E-state index in [1.807, 2.05) is 0 Å². The van der Waals surface area contributed by atoms with Crippen molar-refractivity contribution in [3.05, 3.63) is 32.8 Å². The van der Waals surface area contributed by atoms with Crippen LogP contribution in [0.15, 0.2) is 22.7 Å². The quantitative estimate of drug-likeness (QED) is 0.675. The first-order valence-corrected chi connectivity index (χ1v) is 5.08. The molecule has 0 bridgehead atoms. The lowest BCUT2D eigenvalue weighted by molar-refractivity contribution is -0.384. The third kappa shape index (κ3) is 2.93. The van der Waals surface area contributed by atoms with E-state index in [4.69, 9.17) is 5.11 Å². The molecule has 7 heteroatoms. The number of nitro benzene ring substituents is 1. The molecule has 86 valence electrons. The molecule has 0 aromatic heterocycles. The van der Waals surface area contributed by atoms with Crippen LogP contribution in [-0.4, -0.2) is 29.6 Å². The van der Waals surface area contributed by atoms with Crippen LogP contribution in [0.3, 0.4) is 0 Å². The first-order chi connectivity index (χ1) is 7.41. The minimum absolute atomic E-state index is 0.0423. The Hall–Kier alpha value is -1.63. The number of non-ortho nitro benzene ring substituents is 1. The van der Waals surface area contributed by atoms with Gasteiger partial charge in [-0.05, 0) is 22.0 Å². The zero-order valence-electron chi connectivity index (χ0n) is 8.38. The van der Waals surface area contributed by atoms with Crippen molar-refractivity contribution in [2.24, 2.45) is 0 Å². The lowest BCUT2D eigenvalue weighted by atomic mass is 10.2. The summed E-state index contributed by atoms with van der Waals surface area (Å²) in [5.74, 6) is -0.965. The number of nitro groups is 1. The lowest BCUT2D eigenvalue weighted by Gasteiger charge is -2.17. The standard InChI is InChI=1S/C9H9BrN2O4/c1-11(5-9(13)14)8-3-2-6(12(15)16)4-7(8)10/h2-4H,5H2,1H3,(H,13,14). The van der Waals surface area contributed by atoms with Gasteiger partial charge in [-0.2, -0.15) is 0 Å². The average molecular weight is 289 g/mol. The van der Waals surface area contributed by atoms with E-state index >= 15 is 0 Å². The summed E-state index contributed by atoms with van der Waals surface area (Å²) in [6.07, 6.45) is 0. The molecular formula is C9H9BrN2O4. The Labute approximate surface area is 99.8 Å². The van der Waals surface area contributed by atoms with Crippen molar-refractivity contribution in [3.8, 4) is 0 Å². The number of anilines is 1. The number of benzene rings is 1. The molecular weight excluding hydrogens is 280 g/mol. The second-order valence-electron chi connectivity index (χ2n) is 3.14. The number of nitrogens with zero attached hydrogens (tertiary/aromatic N) is 2. The highest BCUT2D eigenvalue weighted by molar-refractivity contribution is 9.10. The van der Waals surface area contributed by atoms with Gasteiger partial charge in [0.25, 0.3) is 5.69 Å². The van der Waals surface area contributed by atoms with Crippen LogP contribution in [0, 0.1) is 10.1 Å². The first kappa shape index (κ1) is 12.4. The smallest absolute Gasteiger partial charge is 0.323 e. The van der Waals surface area contributed by atoms with E-state index in [1.165, 1.54) is 23.1 Å². The molecule has 6 nitrogen and oxygen atoms in total. The summed E-state index contributed by atoms with van der Waals surface area (Å²) in [4.78, 5) is 22.0. The summed E-state index contributed by atoms with van der Waals surface area (Å²) in [6, 6.07) is 4.18. The Morgan fingerprint density at radius 1 is 1.62 bits per heavy atom. The van der Waals surface area contributed by atoms with Crippen molar-refractivity contribution in [3.63, 3.8) is 0 Å². The van der Waals surface area contributed by atoms with Gasteiger partial charge in [0.1, 0.15) is 6.54 Å². The molecule has 0 saturated carbocycles. The molecule has 0 heterocycles. The number of hydrogen-bond donors (Lipinski definition) is 1. The summed E-state index contributed by atoms with van der Waals surface area (Å²) >= 11 is 3.17. The van der Waals surface area contributed by atoms with E-state index < -0.39 is 10.9 Å². The number of carboxylic acid groups (broad SMARTS) is 1. The SMILES string of the molecule is CN(CC(=O)O)c1ccc([N+](=O)[O-])cc1Br. The minimum Gasteiger partial charge on any atom is -0.480 e. The zero-order chi connectivity index (χ0) is 12.3. The summed E-state index contributed by atoms with van der Waals surface area (Å²) < 4.78 is 0.491. The molecule has 0 aliphatic heterocycles. The topological polar surface area (TPSA) is 83.7 Å². The fourth-order valence-corrected chi connectivity index (χ4v) is 1.88. The first-order valence-electron chi connectivity index (χ1n) is 4.28. The Morgan fingerprint density at radius 2 is 2.25 bits per heavy atom. The summed E-state index contributed by atoms with van der Waals surface area (Å²) in [6.45, 7) is -0.170. The molecule has 0 amide bonds. The van der Waals surface area contributed by atoms with Crippen LogP contribution in [0.25, 0.3) is 0 Å². The molecule has 1 rings (SSSR count). The highest BCUT2D eigenvalue weighted by Crippen LogP contribution is 2.29. The Kier molecular flexibility index (Phi) is 3.83. The molecule has 0 aliphatic rings. The van der Waals surface area contributed by atoms with Gasteiger partial charge in [-0.25, -0.2) is 0 Å². The molecule has 0 spiro atoms. The van der Waals surface area contributed by atoms with Gasteiger partial charge in [0.2, 0.25) is 0 Å². The number of rotatable bonds is 4. The van der Waals surface area contributed by atoms with Crippen LogP contribution in [0.5, 0.6) is 0 Å². The number of carboxylic acids is 1. The van der Waals surface area contributed by atoms with Crippen molar-refractivity contribution in [2.45, 2.75) is 0 Å². The van der Waals surface area contributed by atoms with Gasteiger partial charge in [0.05, 0.1) is 10.6 Å². The third-order valence-corrected chi connectivity index (χ3v) is 2.56. The summed E-state index contributed by atoms with van der Waals surface area (Å²) in [7, 11) is 1.60. The molecule has 0 atom stereocenters. The van der Waals surface area contributed by atoms with Gasteiger partial charge in [-0.1, -0.05) is 0 Å². The van der Waals surface area contributed by atoms with Crippen molar-refractivity contribution >= 4 is 33.3 Å². The predicted molar refractivity (Wildman–Crippen MR) is 61.7 cm³/mol. The Balaban J connectivity index is 2.98. The van der Waals surface area contributed by atoms with Gasteiger partial charge >= 0.3 is 5.97 Å². The average Bonchev–Trinajstić information content (AvgIpc) is 2.15.